The molecule has 6 nitrogen and oxygen atoms in total. The highest BCUT2D eigenvalue weighted by atomic mass is 32.2. The summed E-state index contributed by atoms with van der Waals surface area (Å²) in [6.07, 6.45) is -2.18. The molecular formula is C14H13NO5S. The van der Waals surface area contributed by atoms with Crippen LogP contribution in [0.2, 0.25) is 0 Å². The lowest BCUT2D eigenvalue weighted by molar-refractivity contribution is 0.173. The Bertz CT molecular complexity index is 831. The van der Waals surface area contributed by atoms with Gasteiger partial charge in [-0.05, 0) is 22.8 Å². The number of hydrogen-bond acceptors (Lipinski definition) is 5. The van der Waals surface area contributed by atoms with Crippen molar-refractivity contribution in [3.8, 4) is 0 Å². The van der Waals surface area contributed by atoms with Crippen LogP contribution in [0.15, 0.2) is 41.3 Å². The number of hydrogen-bond donors (Lipinski definition) is 4. The Morgan fingerprint density at radius 3 is 2.05 bits per heavy atom. The van der Waals surface area contributed by atoms with Crippen molar-refractivity contribution in [3.05, 3.63) is 58.7 Å². The minimum atomic E-state index is -4.50. The van der Waals surface area contributed by atoms with E-state index < -0.39 is 27.2 Å². The van der Waals surface area contributed by atoms with Crippen LogP contribution < -0.4 is 5.73 Å². The van der Waals surface area contributed by atoms with Crippen molar-refractivity contribution in [1.29, 1.82) is 0 Å². The van der Waals surface area contributed by atoms with Crippen LogP contribution in [0, 0.1) is 0 Å². The summed E-state index contributed by atoms with van der Waals surface area (Å²) in [5, 5.41) is 20.8. The lowest BCUT2D eigenvalue weighted by atomic mass is 9.81. The molecule has 0 fully saturated rings. The summed E-state index contributed by atoms with van der Waals surface area (Å²) < 4.78 is 31.8. The summed E-state index contributed by atoms with van der Waals surface area (Å²) in [7, 11) is -4.50. The highest BCUT2D eigenvalue weighted by Crippen LogP contribution is 2.44. The van der Waals surface area contributed by atoms with Crippen LogP contribution in [0.3, 0.4) is 0 Å². The lowest BCUT2D eigenvalue weighted by Crippen LogP contribution is -2.21. The first-order chi connectivity index (χ1) is 9.82. The number of aliphatic hydroxyl groups is 2. The van der Waals surface area contributed by atoms with E-state index in [9.17, 15) is 18.6 Å². The van der Waals surface area contributed by atoms with E-state index >= 15 is 0 Å². The number of nitrogen functional groups attached to an aromatic ring is 1. The molecular weight excluding hydrogens is 294 g/mol. The standard InChI is InChI=1S/C14H13NO5S/c15-12-10(21(18,19)20)6-5-9-11(12)14(17)8-4-2-1-3-7(8)13(9)16/h1-6,13-14,16-17H,15H2,(H,18,19,20). The zero-order valence-electron chi connectivity index (χ0n) is 10.8. The maximum Gasteiger partial charge on any atom is 0.296 e. The Balaban J connectivity index is 2.31. The molecule has 3 rings (SSSR count). The highest BCUT2D eigenvalue weighted by molar-refractivity contribution is 7.86. The first-order valence-corrected chi connectivity index (χ1v) is 7.61. The molecule has 0 heterocycles. The number of fused-ring (bicyclic) bond motifs is 2. The second-order valence-electron chi connectivity index (χ2n) is 4.89. The predicted molar refractivity (Wildman–Crippen MR) is 75.2 cm³/mol. The van der Waals surface area contributed by atoms with Gasteiger partial charge in [0.05, 0.1) is 5.69 Å². The normalized spacial score (nSPS) is 20.7. The lowest BCUT2D eigenvalue weighted by Gasteiger charge is -2.30. The summed E-state index contributed by atoms with van der Waals surface area (Å²) in [5.41, 5.74) is 6.96. The quantitative estimate of drug-likeness (QED) is 0.460. The van der Waals surface area contributed by atoms with E-state index in [4.69, 9.17) is 10.3 Å². The third-order valence-corrected chi connectivity index (χ3v) is 4.62. The van der Waals surface area contributed by atoms with Gasteiger partial charge in [-0.15, -0.1) is 0 Å². The van der Waals surface area contributed by atoms with Crippen molar-refractivity contribution < 1.29 is 23.2 Å². The van der Waals surface area contributed by atoms with E-state index in [1.165, 1.54) is 6.07 Å². The maximum absolute atomic E-state index is 11.3. The molecule has 2 aromatic rings. The molecule has 0 spiro atoms. The Morgan fingerprint density at radius 1 is 0.905 bits per heavy atom. The maximum atomic E-state index is 11.3. The van der Waals surface area contributed by atoms with Gasteiger partial charge in [-0.3, -0.25) is 4.55 Å². The average Bonchev–Trinajstić information content (AvgIpc) is 2.43. The molecule has 7 heteroatoms. The molecule has 0 saturated heterocycles. The molecule has 0 amide bonds. The van der Waals surface area contributed by atoms with Gasteiger partial charge in [0.2, 0.25) is 0 Å². The SMILES string of the molecule is Nc1c(S(=O)(=O)O)ccc2c1C(O)c1ccccc1C2O. The van der Waals surface area contributed by atoms with Crippen molar-refractivity contribution in [1.82, 2.24) is 0 Å². The van der Waals surface area contributed by atoms with Crippen molar-refractivity contribution >= 4 is 15.8 Å². The molecule has 0 saturated carbocycles. The summed E-state index contributed by atoms with van der Waals surface area (Å²) >= 11 is 0. The minimum Gasteiger partial charge on any atom is -0.397 e. The minimum absolute atomic E-state index is 0.108. The fraction of sp³-hybridized carbons (Fsp3) is 0.143. The van der Waals surface area contributed by atoms with Crippen LogP contribution >= 0.6 is 0 Å². The van der Waals surface area contributed by atoms with E-state index in [1.54, 1.807) is 24.3 Å². The number of rotatable bonds is 1. The molecule has 21 heavy (non-hydrogen) atoms. The molecule has 2 unspecified atom stereocenters. The largest absolute Gasteiger partial charge is 0.397 e. The van der Waals surface area contributed by atoms with Crippen LogP contribution in [0.25, 0.3) is 0 Å². The van der Waals surface area contributed by atoms with E-state index in [0.29, 0.717) is 16.7 Å². The van der Waals surface area contributed by atoms with Gasteiger partial charge in [-0.1, -0.05) is 30.3 Å². The smallest absolute Gasteiger partial charge is 0.296 e. The average molecular weight is 307 g/mol. The summed E-state index contributed by atoms with van der Waals surface area (Å²) in [6, 6.07) is 9.20. The van der Waals surface area contributed by atoms with Crippen LogP contribution in [0.5, 0.6) is 0 Å². The molecule has 1 aliphatic carbocycles. The molecule has 0 radical (unpaired) electrons. The van der Waals surface area contributed by atoms with Gasteiger partial charge < -0.3 is 15.9 Å². The number of nitrogens with two attached hydrogens (primary N) is 1. The molecule has 2 aromatic carbocycles. The molecule has 0 aromatic heterocycles. The van der Waals surface area contributed by atoms with Crippen LogP contribution in [0.1, 0.15) is 34.5 Å². The fourth-order valence-corrected chi connectivity index (χ4v) is 3.36. The number of aliphatic hydroxyl groups excluding tert-OH is 2. The third-order valence-electron chi connectivity index (χ3n) is 3.71. The molecule has 0 bridgehead atoms. The molecule has 5 N–H and O–H groups in total. The van der Waals surface area contributed by atoms with Crippen LogP contribution in [0.4, 0.5) is 5.69 Å². The second kappa shape index (κ2) is 4.54. The Labute approximate surface area is 121 Å². The predicted octanol–water partition coefficient (Wildman–Crippen LogP) is 0.992. The van der Waals surface area contributed by atoms with Gasteiger partial charge in [0, 0.05) is 5.56 Å². The van der Waals surface area contributed by atoms with Crippen LogP contribution in [-0.4, -0.2) is 23.2 Å². The van der Waals surface area contributed by atoms with Crippen molar-refractivity contribution in [3.63, 3.8) is 0 Å². The van der Waals surface area contributed by atoms with E-state index in [2.05, 4.69) is 0 Å². The first kappa shape index (κ1) is 14.0. The highest BCUT2D eigenvalue weighted by Gasteiger charge is 2.33. The van der Waals surface area contributed by atoms with E-state index in [1.807, 2.05) is 0 Å². The van der Waals surface area contributed by atoms with E-state index in [0.717, 1.165) is 6.07 Å². The summed E-state index contributed by atoms with van der Waals surface area (Å²) in [4.78, 5) is -0.480. The Kier molecular flexibility index (Phi) is 3.03. The van der Waals surface area contributed by atoms with Gasteiger partial charge in [-0.25, -0.2) is 0 Å². The Hall–Kier alpha value is -1.93. The monoisotopic (exact) mass is 307 g/mol. The summed E-state index contributed by atoms with van der Waals surface area (Å²) in [6.45, 7) is 0. The topological polar surface area (TPSA) is 121 Å². The van der Waals surface area contributed by atoms with Gasteiger partial charge in [0.25, 0.3) is 10.1 Å². The van der Waals surface area contributed by atoms with Crippen molar-refractivity contribution in [2.45, 2.75) is 17.1 Å². The van der Waals surface area contributed by atoms with Crippen LogP contribution in [-0.2, 0) is 10.1 Å². The van der Waals surface area contributed by atoms with Gasteiger partial charge in [-0.2, -0.15) is 8.42 Å². The zero-order chi connectivity index (χ0) is 15.4. The molecule has 2 atom stereocenters. The van der Waals surface area contributed by atoms with Gasteiger partial charge in [0.1, 0.15) is 17.1 Å². The summed E-state index contributed by atoms with van der Waals surface area (Å²) in [5.74, 6) is 0. The third kappa shape index (κ3) is 2.02. The fourth-order valence-electron chi connectivity index (χ4n) is 2.73. The first-order valence-electron chi connectivity index (χ1n) is 6.17. The molecule has 0 aliphatic heterocycles. The van der Waals surface area contributed by atoms with E-state index in [-0.39, 0.29) is 11.3 Å². The van der Waals surface area contributed by atoms with Gasteiger partial charge in [0.15, 0.2) is 0 Å². The second-order valence-corrected chi connectivity index (χ2v) is 6.28. The zero-order valence-corrected chi connectivity index (χ0v) is 11.6. The Morgan fingerprint density at radius 2 is 1.48 bits per heavy atom. The number of anilines is 1. The van der Waals surface area contributed by atoms with Crippen molar-refractivity contribution in [2.75, 3.05) is 5.73 Å². The van der Waals surface area contributed by atoms with Crippen molar-refractivity contribution in [2.24, 2.45) is 0 Å². The molecule has 110 valence electrons. The molecule has 1 aliphatic rings. The number of benzene rings is 2. The van der Waals surface area contributed by atoms with Gasteiger partial charge >= 0.3 is 0 Å².